The number of nitrogens with two attached hydrogens (primary N) is 2. The molecule has 1 unspecified atom stereocenters. The lowest BCUT2D eigenvalue weighted by molar-refractivity contribution is -0.121. The number of carbonyl (C=O) groups excluding carboxylic acids is 2. The van der Waals surface area contributed by atoms with Gasteiger partial charge in [0.1, 0.15) is 6.04 Å². The molecule has 2 aromatic rings. The molecule has 8 heteroatoms. The lowest BCUT2D eigenvalue weighted by Gasteiger charge is -2.34. The van der Waals surface area contributed by atoms with Crippen LogP contribution in [0.2, 0.25) is 0 Å². The van der Waals surface area contributed by atoms with Crippen molar-refractivity contribution in [2.45, 2.75) is 12.5 Å². The third-order valence-electron chi connectivity index (χ3n) is 4.41. The summed E-state index contributed by atoms with van der Waals surface area (Å²) < 4.78 is 0. The molecule has 0 aliphatic carbocycles. The molecule has 0 aromatic heterocycles. The Morgan fingerprint density at radius 2 is 1.85 bits per heavy atom. The molecule has 1 aliphatic rings. The molecule has 0 saturated heterocycles. The van der Waals surface area contributed by atoms with Gasteiger partial charge in [-0.1, -0.05) is 30.3 Å². The van der Waals surface area contributed by atoms with E-state index in [1.807, 2.05) is 12.1 Å². The molecular weight excluding hydrogens is 336 g/mol. The van der Waals surface area contributed by atoms with Crippen LogP contribution >= 0.6 is 0 Å². The quantitative estimate of drug-likeness (QED) is 0.620. The zero-order valence-corrected chi connectivity index (χ0v) is 13.8. The number of benzene rings is 2. The maximum absolute atomic E-state index is 12.9. The number of para-hydroxylation sites is 1. The maximum atomic E-state index is 12.9. The predicted molar refractivity (Wildman–Crippen MR) is 95.6 cm³/mol. The van der Waals surface area contributed by atoms with E-state index in [2.05, 4.69) is 5.32 Å². The summed E-state index contributed by atoms with van der Waals surface area (Å²) in [6, 6.07) is 10.7. The first-order chi connectivity index (χ1) is 12.4. The highest BCUT2D eigenvalue weighted by atomic mass is 16.4. The zero-order chi connectivity index (χ0) is 18.8. The number of hydrogen-bond donors (Lipinski definition) is 4. The van der Waals surface area contributed by atoms with E-state index >= 15 is 0 Å². The molecule has 3 rings (SSSR count). The number of nitrogens with zero attached hydrogens (tertiary/aromatic N) is 1. The van der Waals surface area contributed by atoms with Crippen molar-refractivity contribution in [2.24, 2.45) is 5.73 Å². The Bertz CT molecular complexity index is 897. The van der Waals surface area contributed by atoms with E-state index in [-0.39, 0.29) is 23.5 Å². The molecule has 8 nitrogen and oxygen atoms in total. The number of fused-ring (bicyclic) bond motifs is 1. The van der Waals surface area contributed by atoms with E-state index in [1.54, 1.807) is 12.1 Å². The first-order valence-corrected chi connectivity index (χ1v) is 7.96. The molecular formula is C18H18N4O4. The van der Waals surface area contributed by atoms with Gasteiger partial charge >= 0.3 is 6.09 Å². The molecule has 3 amide bonds. The Hall–Kier alpha value is -3.55. The summed E-state index contributed by atoms with van der Waals surface area (Å²) in [5.74, 6) is -1.26. The minimum absolute atomic E-state index is 0.0410. The number of primary amides is 1. The van der Waals surface area contributed by atoms with E-state index in [0.717, 1.165) is 10.5 Å². The molecule has 1 heterocycles. The van der Waals surface area contributed by atoms with Crippen LogP contribution in [0.3, 0.4) is 0 Å². The largest absolute Gasteiger partial charge is 0.465 e. The summed E-state index contributed by atoms with van der Waals surface area (Å²) >= 11 is 0. The van der Waals surface area contributed by atoms with Gasteiger partial charge in [0.15, 0.2) is 0 Å². The summed E-state index contributed by atoms with van der Waals surface area (Å²) in [7, 11) is 0. The predicted octanol–water partition coefficient (Wildman–Crippen LogP) is 1.58. The summed E-state index contributed by atoms with van der Waals surface area (Å²) in [6.07, 6.45) is -0.649. The SMILES string of the molecule is NC(=O)c1cccc(NC(=O)C2c3ccccc3CCN2C(=O)O)c1N. The van der Waals surface area contributed by atoms with Gasteiger partial charge in [-0.2, -0.15) is 0 Å². The summed E-state index contributed by atoms with van der Waals surface area (Å²) in [4.78, 5) is 37.0. The number of amides is 3. The van der Waals surface area contributed by atoms with Crippen molar-refractivity contribution in [3.8, 4) is 0 Å². The second-order valence-electron chi connectivity index (χ2n) is 5.95. The number of carboxylic acid groups (broad SMARTS) is 1. The van der Waals surface area contributed by atoms with Gasteiger partial charge in [0.2, 0.25) is 0 Å². The van der Waals surface area contributed by atoms with Crippen LogP contribution in [0.15, 0.2) is 42.5 Å². The van der Waals surface area contributed by atoms with Crippen molar-refractivity contribution in [3.63, 3.8) is 0 Å². The third kappa shape index (κ3) is 3.04. The van der Waals surface area contributed by atoms with Gasteiger partial charge in [0.05, 0.1) is 16.9 Å². The van der Waals surface area contributed by atoms with E-state index in [4.69, 9.17) is 11.5 Å². The van der Waals surface area contributed by atoms with Gasteiger partial charge < -0.3 is 21.9 Å². The number of carbonyl (C=O) groups is 3. The van der Waals surface area contributed by atoms with E-state index < -0.39 is 23.9 Å². The smallest absolute Gasteiger partial charge is 0.408 e. The van der Waals surface area contributed by atoms with Gasteiger partial charge in [0, 0.05) is 6.54 Å². The van der Waals surface area contributed by atoms with Crippen molar-refractivity contribution < 1.29 is 19.5 Å². The monoisotopic (exact) mass is 354 g/mol. The van der Waals surface area contributed by atoms with Crippen molar-refractivity contribution in [1.82, 2.24) is 4.90 Å². The Labute approximate surface area is 149 Å². The molecule has 1 aliphatic heterocycles. The van der Waals surface area contributed by atoms with Crippen LogP contribution in [0.4, 0.5) is 16.2 Å². The average molecular weight is 354 g/mol. The fourth-order valence-electron chi connectivity index (χ4n) is 3.15. The number of anilines is 2. The van der Waals surface area contributed by atoms with E-state index in [0.29, 0.717) is 12.0 Å². The van der Waals surface area contributed by atoms with Crippen LogP contribution in [0.5, 0.6) is 0 Å². The second-order valence-corrected chi connectivity index (χ2v) is 5.95. The number of hydrogen-bond acceptors (Lipinski definition) is 4. The Kier molecular flexibility index (Phi) is 4.49. The minimum Gasteiger partial charge on any atom is -0.465 e. The van der Waals surface area contributed by atoms with Crippen molar-refractivity contribution in [2.75, 3.05) is 17.6 Å². The molecule has 0 radical (unpaired) electrons. The van der Waals surface area contributed by atoms with Crippen LogP contribution in [-0.4, -0.2) is 34.5 Å². The van der Waals surface area contributed by atoms with Crippen LogP contribution in [-0.2, 0) is 11.2 Å². The lowest BCUT2D eigenvalue weighted by Crippen LogP contribution is -2.44. The maximum Gasteiger partial charge on any atom is 0.408 e. The fraction of sp³-hybridized carbons (Fsp3) is 0.167. The normalized spacial score (nSPS) is 15.8. The molecule has 134 valence electrons. The van der Waals surface area contributed by atoms with Gasteiger partial charge in [-0.05, 0) is 29.7 Å². The van der Waals surface area contributed by atoms with E-state index in [1.165, 1.54) is 18.2 Å². The third-order valence-corrected chi connectivity index (χ3v) is 4.41. The first kappa shape index (κ1) is 17.3. The van der Waals surface area contributed by atoms with E-state index in [9.17, 15) is 19.5 Å². The van der Waals surface area contributed by atoms with Gasteiger partial charge in [-0.15, -0.1) is 0 Å². The molecule has 0 spiro atoms. The molecule has 0 fully saturated rings. The number of nitrogens with one attached hydrogen (secondary N) is 1. The molecule has 0 bridgehead atoms. The average Bonchev–Trinajstić information content (AvgIpc) is 2.61. The standard InChI is InChI=1S/C18H18N4O4/c19-14-12(16(20)23)6-3-7-13(14)21-17(24)15-11-5-2-1-4-10(11)8-9-22(15)18(25)26/h1-7,15H,8-9,19H2,(H2,20,23)(H,21,24)(H,25,26). The van der Waals surface area contributed by atoms with Crippen molar-refractivity contribution in [3.05, 3.63) is 59.2 Å². The molecule has 2 aromatic carbocycles. The summed E-state index contributed by atoms with van der Waals surface area (Å²) in [5.41, 5.74) is 13.1. The second kappa shape index (κ2) is 6.75. The molecule has 6 N–H and O–H groups in total. The Morgan fingerprint density at radius 1 is 1.12 bits per heavy atom. The highest BCUT2D eigenvalue weighted by molar-refractivity contribution is 6.05. The van der Waals surface area contributed by atoms with Gasteiger partial charge in [0.25, 0.3) is 11.8 Å². The highest BCUT2D eigenvalue weighted by Crippen LogP contribution is 2.32. The lowest BCUT2D eigenvalue weighted by atomic mass is 9.92. The number of rotatable bonds is 3. The first-order valence-electron chi connectivity index (χ1n) is 7.96. The minimum atomic E-state index is -1.18. The molecule has 26 heavy (non-hydrogen) atoms. The van der Waals surface area contributed by atoms with Gasteiger partial charge in [-0.3, -0.25) is 14.5 Å². The van der Waals surface area contributed by atoms with Crippen molar-refractivity contribution in [1.29, 1.82) is 0 Å². The fourth-order valence-corrected chi connectivity index (χ4v) is 3.15. The Balaban J connectivity index is 1.97. The van der Waals surface area contributed by atoms with Crippen LogP contribution in [0.1, 0.15) is 27.5 Å². The van der Waals surface area contributed by atoms with Gasteiger partial charge in [-0.25, -0.2) is 4.79 Å². The Morgan fingerprint density at radius 3 is 2.54 bits per heavy atom. The van der Waals surface area contributed by atoms with Crippen molar-refractivity contribution >= 4 is 29.3 Å². The molecule has 1 atom stereocenters. The topological polar surface area (TPSA) is 139 Å². The van der Waals surface area contributed by atoms with Crippen LogP contribution < -0.4 is 16.8 Å². The summed E-state index contributed by atoms with van der Waals surface area (Å²) in [5, 5.41) is 12.1. The zero-order valence-electron chi connectivity index (χ0n) is 13.8. The van der Waals surface area contributed by atoms with Crippen LogP contribution in [0.25, 0.3) is 0 Å². The highest BCUT2D eigenvalue weighted by Gasteiger charge is 2.36. The number of nitrogen functional groups attached to an aromatic ring is 1. The summed E-state index contributed by atoms with van der Waals surface area (Å²) in [6.45, 7) is 0.210. The molecule has 0 saturated carbocycles. The van der Waals surface area contributed by atoms with Crippen LogP contribution in [0, 0.1) is 0 Å².